The Morgan fingerprint density at radius 3 is 2.78 bits per heavy atom. The summed E-state index contributed by atoms with van der Waals surface area (Å²) in [6.45, 7) is 8.17. The van der Waals surface area contributed by atoms with Crippen LogP contribution in [0.15, 0.2) is 23.2 Å². The quantitative estimate of drug-likeness (QED) is 0.486. The number of nitrogens with one attached hydrogen (secondary N) is 1. The van der Waals surface area contributed by atoms with Gasteiger partial charge in [-0.2, -0.15) is 5.10 Å². The minimum Gasteiger partial charge on any atom is -0.378 e. The van der Waals surface area contributed by atoms with Crippen molar-refractivity contribution in [1.82, 2.24) is 29.4 Å². The molecule has 3 aromatic heterocycles. The Balaban J connectivity index is 1.45. The van der Waals surface area contributed by atoms with Gasteiger partial charge in [0.2, 0.25) is 10.0 Å². The van der Waals surface area contributed by atoms with Crippen LogP contribution in [0.2, 0.25) is 0 Å². The van der Waals surface area contributed by atoms with Gasteiger partial charge in [-0.15, -0.1) is 10.2 Å². The van der Waals surface area contributed by atoms with Crippen LogP contribution >= 0.6 is 11.3 Å². The molecular formula is C22H27F2N7O4S2. The highest BCUT2D eigenvalue weighted by Gasteiger charge is 2.45. The molecule has 0 aliphatic carbocycles. The maximum Gasteiger partial charge on any atom is 0.291 e. The van der Waals surface area contributed by atoms with Crippen LogP contribution in [0.5, 0.6) is 0 Å². The van der Waals surface area contributed by atoms with Gasteiger partial charge in [-0.05, 0) is 19.9 Å². The predicted molar refractivity (Wildman–Crippen MR) is 132 cm³/mol. The van der Waals surface area contributed by atoms with Gasteiger partial charge in [0.05, 0.1) is 59.7 Å². The fraction of sp³-hybridized carbons (Fsp3) is 0.591. The van der Waals surface area contributed by atoms with Gasteiger partial charge >= 0.3 is 0 Å². The molecule has 0 saturated carbocycles. The lowest BCUT2D eigenvalue weighted by Crippen LogP contribution is -2.65. The SMILES string of the molecule is CC1OCC1(C)NS(=O)(=O)c1cc(N2CCN3CCOC[C@H]3C2)n2ncc(-c3nnc(C(F)F)s3)c2c1. The van der Waals surface area contributed by atoms with Crippen molar-refractivity contribution < 1.29 is 26.7 Å². The van der Waals surface area contributed by atoms with Crippen LogP contribution in [0.1, 0.15) is 25.3 Å². The molecule has 0 aromatic carbocycles. The van der Waals surface area contributed by atoms with Gasteiger partial charge in [-0.25, -0.2) is 26.4 Å². The molecular weight excluding hydrogens is 528 g/mol. The van der Waals surface area contributed by atoms with E-state index < -0.39 is 27.0 Å². The summed E-state index contributed by atoms with van der Waals surface area (Å²) in [7, 11) is -3.96. The number of aromatic nitrogens is 4. The van der Waals surface area contributed by atoms with E-state index in [4.69, 9.17) is 9.47 Å². The number of piperazine rings is 1. The fourth-order valence-corrected chi connectivity index (χ4v) is 7.16. The molecule has 3 atom stereocenters. The number of fused-ring (bicyclic) bond motifs is 2. The van der Waals surface area contributed by atoms with E-state index in [1.54, 1.807) is 17.5 Å². The summed E-state index contributed by atoms with van der Waals surface area (Å²) in [6.07, 6.45) is -1.50. The van der Waals surface area contributed by atoms with Gasteiger partial charge in [0, 0.05) is 32.2 Å². The summed E-state index contributed by atoms with van der Waals surface area (Å²) in [5.74, 6) is 0.594. The maximum atomic E-state index is 13.6. The fourth-order valence-electron chi connectivity index (χ4n) is 4.95. The van der Waals surface area contributed by atoms with Crippen LogP contribution in [-0.2, 0) is 19.5 Å². The van der Waals surface area contributed by atoms with Crippen LogP contribution in [0.25, 0.3) is 16.1 Å². The minimum absolute atomic E-state index is 0.0537. The highest BCUT2D eigenvalue weighted by molar-refractivity contribution is 7.89. The van der Waals surface area contributed by atoms with Crippen molar-refractivity contribution in [2.24, 2.45) is 0 Å². The molecule has 6 rings (SSSR count). The Labute approximate surface area is 216 Å². The second-order valence-corrected chi connectivity index (χ2v) is 12.5. The lowest BCUT2D eigenvalue weighted by atomic mass is 9.93. The average molecular weight is 556 g/mol. The number of halogens is 2. The molecule has 3 fully saturated rings. The Hall–Kier alpha value is -2.30. The van der Waals surface area contributed by atoms with E-state index in [1.807, 2.05) is 6.92 Å². The van der Waals surface area contributed by atoms with Crippen molar-refractivity contribution in [3.8, 4) is 10.6 Å². The second-order valence-electron chi connectivity index (χ2n) is 9.84. The van der Waals surface area contributed by atoms with Crippen molar-refractivity contribution in [2.75, 3.05) is 50.9 Å². The number of pyridine rings is 1. The van der Waals surface area contributed by atoms with E-state index in [0.29, 0.717) is 43.2 Å². The molecule has 11 nitrogen and oxygen atoms in total. The number of hydrogen-bond donors (Lipinski definition) is 1. The largest absolute Gasteiger partial charge is 0.378 e. The molecule has 3 aliphatic heterocycles. The third kappa shape index (κ3) is 4.40. The zero-order chi connectivity index (χ0) is 25.9. The number of sulfonamides is 1. The molecule has 3 saturated heterocycles. The lowest BCUT2D eigenvalue weighted by Gasteiger charge is -2.45. The van der Waals surface area contributed by atoms with Gasteiger partial charge < -0.3 is 14.4 Å². The van der Waals surface area contributed by atoms with Gasteiger partial charge in [0.1, 0.15) is 5.82 Å². The Bertz CT molecular complexity index is 1430. The van der Waals surface area contributed by atoms with Crippen LogP contribution in [0, 0.1) is 0 Å². The van der Waals surface area contributed by atoms with Gasteiger partial charge in [0.25, 0.3) is 6.43 Å². The Kier molecular flexibility index (Phi) is 6.19. The number of alkyl halides is 2. The first-order chi connectivity index (χ1) is 17.6. The number of nitrogens with zero attached hydrogens (tertiary/aromatic N) is 6. The first-order valence-corrected chi connectivity index (χ1v) is 14.3. The zero-order valence-corrected chi connectivity index (χ0v) is 21.9. The third-order valence-electron chi connectivity index (χ3n) is 7.40. The number of anilines is 1. The van der Waals surface area contributed by atoms with E-state index in [9.17, 15) is 17.2 Å². The lowest BCUT2D eigenvalue weighted by molar-refractivity contribution is -0.120. The molecule has 0 bridgehead atoms. The smallest absolute Gasteiger partial charge is 0.291 e. The van der Waals surface area contributed by atoms with Crippen molar-refractivity contribution in [3.05, 3.63) is 23.3 Å². The number of morpholine rings is 1. The monoisotopic (exact) mass is 555 g/mol. The van der Waals surface area contributed by atoms with Crippen LogP contribution in [0.3, 0.4) is 0 Å². The first-order valence-electron chi connectivity index (χ1n) is 12.0. The molecule has 0 amide bonds. The van der Waals surface area contributed by atoms with E-state index in [1.165, 1.54) is 12.3 Å². The van der Waals surface area contributed by atoms with E-state index in [-0.39, 0.29) is 28.7 Å². The van der Waals surface area contributed by atoms with Crippen LogP contribution in [0.4, 0.5) is 14.6 Å². The van der Waals surface area contributed by atoms with Crippen LogP contribution < -0.4 is 9.62 Å². The Morgan fingerprint density at radius 1 is 1.24 bits per heavy atom. The molecule has 3 aliphatic rings. The zero-order valence-electron chi connectivity index (χ0n) is 20.3. The summed E-state index contributed by atoms with van der Waals surface area (Å²) < 4.78 is 69.1. The standard InChI is InChI=1S/C22H27F2N7O4S2/c1-13-22(2,12-35-13)28-37(32,33)15-7-17-16(20-26-27-21(36-20)19(23)24)9-25-31(17)18(8-15)30-4-3-29-5-6-34-11-14(29)10-30/h7-9,13-14,19,28H,3-6,10-12H2,1-2H3/t13?,14-,22?/m1/s1. The minimum atomic E-state index is -3.96. The topological polar surface area (TPSA) is 114 Å². The second kappa shape index (κ2) is 9.17. The van der Waals surface area contributed by atoms with E-state index >= 15 is 0 Å². The molecule has 6 heterocycles. The molecule has 200 valence electrons. The van der Waals surface area contributed by atoms with Crippen molar-refractivity contribution in [1.29, 1.82) is 0 Å². The summed E-state index contributed by atoms with van der Waals surface area (Å²) in [4.78, 5) is 4.53. The van der Waals surface area contributed by atoms with Gasteiger partial charge in [-0.1, -0.05) is 11.3 Å². The van der Waals surface area contributed by atoms with Gasteiger partial charge in [-0.3, -0.25) is 4.90 Å². The molecule has 0 spiro atoms. The highest BCUT2D eigenvalue weighted by atomic mass is 32.2. The van der Waals surface area contributed by atoms with Crippen molar-refractivity contribution in [3.63, 3.8) is 0 Å². The Morgan fingerprint density at radius 2 is 2.08 bits per heavy atom. The number of rotatable bonds is 6. The van der Waals surface area contributed by atoms with E-state index in [0.717, 1.165) is 24.4 Å². The predicted octanol–water partition coefficient (Wildman–Crippen LogP) is 1.77. The van der Waals surface area contributed by atoms with E-state index in [2.05, 4.69) is 29.8 Å². The molecule has 2 unspecified atom stereocenters. The molecule has 37 heavy (non-hydrogen) atoms. The normalized spacial score (nSPS) is 27.0. The highest BCUT2D eigenvalue weighted by Crippen LogP contribution is 2.35. The van der Waals surface area contributed by atoms with Crippen LogP contribution in [-0.4, -0.2) is 96.8 Å². The third-order valence-corrected chi connectivity index (χ3v) is 9.96. The summed E-state index contributed by atoms with van der Waals surface area (Å²) >= 11 is 0.762. The summed E-state index contributed by atoms with van der Waals surface area (Å²) in [6, 6.07) is 3.30. The summed E-state index contributed by atoms with van der Waals surface area (Å²) in [5.41, 5.74) is 0.152. The van der Waals surface area contributed by atoms with Crippen molar-refractivity contribution >= 4 is 32.7 Å². The number of ether oxygens (including phenoxy) is 2. The first kappa shape index (κ1) is 25.0. The number of hydrogen-bond acceptors (Lipinski definition) is 10. The molecule has 3 aromatic rings. The van der Waals surface area contributed by atoms with Crippen molar-refractivity contribution in [2.45, 2.75) is 42.9 Å². The molecule has 1 N–H and O–H groups in total. The average Bonchev–Trinajstić information content (AvgIpc) is 3.54. The molecule has 15 heteroatoms. The maximum absolute atomic E-state index is 13.6. The summed E-state index contributed by atoms with van der Waals surface area (Å²) in [5, 5.41) is 11.9. The molecule has 0 radical (unpaired) electrons. The van der Waals surface area contributed by atoms with Gasteiger partial charge in [0.15, 0.2) is 10.0 Å².